The van der Waals surface area contributed by atoms with Gasteiger partial charge in [-0.15, -0.1) is 11.6 Å². The largest absolute Gasteiger partial charge is 0.353 e. The monoisotopic (exact) mass is 217 g/mol. The molecule has 0 aromatic heterocycles. The first-order valence-corrected chi connectivity index (χ1v) is 6.05. The van der Waals surface area contributed by atoms with Crippen LogP contribution in [-0.2, 0) is 4.79 Å². The minimum absolute atomic E-state index is 0.0690. The maximum atomic E-state index is 11.5. The fourth-order valence-electron chi connectivity index (χ4n) is 2.01. The van der Waals surface area contributed by atoms with E-state index in [0.717, 1.165) is 0 Å². The number of hydrogen-bond donors (Lipinski definition) is 1. The Morgan fingerprint density at radius 3 is 2.50 bits per heavy atom. The van der Waals surface area contributed by atoms with Gasteiger partial charge in [-0.05, 0) is 25.7 Å². The fraction of sp³-hybridized carbons (Fsp3) is 0.909. The molecule has 1 amide bonds. The number of carbonyl (C=O) groups excluding carboxylic acids is 1. The standard InChI is InChI=1S/C11H20ClNO/c1-8(7-12)11(14)13-9(2)10-5-3-4-6-10/h8-10H,3-7H2,1-2H3,(H,13,14)/t8?,9-/m0/s1. The van der Waals surface area contributed by atoms with Gasteiger partial charge in [0.1, 0.15) is 0 Å². The van der Waals surface area contributed by atoms with Gasteiger partial charge in [-0.2, -0.15) is 0 Å². The minimum Gasteiger partial charge on any atom is -0.353 e. The summed E-state index contributed by atoms with van der Waals surface area (Å²) in [4.78, 5) is 11.5. The molecule has 0 spiro atoms. The molecular weight excluding hydrogens is 198 g/mol. The molecule has 82 valence electrons. The predicted octanol–water partition coefficient (Wildman–Crippen LogP) is 2.56. The predicted molar refractivity (Wildman–Crippen MR) is 59.4 cm³/mol. The van der Waals surface area contributed by atoms with E-state index < -0.39 is 0 Å². The molecular formula is C11H20ClNO. The second-order valence-corrected chi connectivity index (χ2v) is 4.71. The van der Waals surface area contributed by atoms with Gasteiger partial charge in [0.2, 0.25) is 5.91 Å². The van der Waals surface area contributed by atoms with Gasteiger partial charge in [0.05, 0.1) is 0 Å². The molecule has 0 radical (unpaired) electrons. The zero-order valence-electron chi connectivity index (χ0n) is 9.05. The number of nitrogens with one attached hydrogen (secondary N) is 1. The Bertz CT molecular complexity index is 190. The zero-order chi connectivity index (χ0) is 10.6. The van der Waals surface area contributed by atoms with Crippen molar-refractivity contribution in [2.24, 2.45) is 11.8 Å². The number of alkyl halides is 1. The summed E-state index contributed by atoms with van der Waals surface area (Å²) in [6, 6.07) is 0.315. The highest BCUT2D eigenvalue weighted by atomic mass is 35.5. The summed E-state index contributed by atoms with van der Waals surface area (Å²) < 4.78 is 0. The fourth-order valence-corrected chi connectivity index (χ4v) is 2.15. The summed E-state index contributed by atoms with van der Waals surface area (Å²) in [5.41, 5.74) is 0. The Morgan fingerprint density at radius 2 is 2.00 bits per heavy atom. The topological polar surface area (TPSA) is 29.1 Å². The van der Waals surface area contributed by atoms with E-state index in [-0.39, 0.29) is 11.8 Å². The number of halogens is 1. The first kappa shape index (κ1) is 11.8. The first-order chi connectivity index (χ1) is 6.65. The lowest BCUT2D eigenvalue weighted by molar-refractivity contribution is -0.124. The quantitative estimate of drug-likeness (QED) is 0.721. The average molecular weight is 218 g/mol. The molecule has 1 N–H and O–H groups in total. The van der Waals surface area contributed by atoms with Gasteiger partial charge in [-0.3, -0.25) is 4.79 Å². The summed E-state index contributed by atoms with van der Waals surface area (Å²) in [7, 11) is 0. The van der Waals surface area contributed by atoms with Gasteiger partial charge < -0.3 is 5.32 Å². The van der Waals surface area contributed by atoms with Crippen molar-refractivity contribution in [2.75, 3.05) is 5.88 Å². The van der Waals surface area contributed by atoms with Crippen molar-refractivity contribution in [1.29, 1.82) is 0 Å². The number of amides is 1. The highest BCUT2D eigenvalue weighted by Gasteiger charge is 2.23. The van der Waals surface area contributed by atoms with Gasteiger partial charge in [0, 0.05) is 17.8 Å². The Balaban J connectivity index is 2.31. The normalized spacial score (nSPS) is 21.9. The Labute approximate surface area is 91.4 Å². The van der Waals surface area contributed by atoms with Crippen LogP contribution in [0, 0.1) is 11.8 Å². The van der Waals surface area contributed by atoms with E-state index >= 15 is 0 Å². The average Bonchev–Trinajstić information content (AvgIpc) is 2.69. The Hall–Kier alpha value is -0.240. The van der Waals surface area contributed by atoms with E-state index in [1.165, 1.54) is 25.7 Å². The maximum absolute atomic E-state index is 11.5. The van der Waals surface area contributed by atoms with E-state index in [4.69, 9.17) is 11.6 Å². The molecule has 1 fully saturated rings. The van der Waals surface area contributed by atoms with Crippen molar-refractivity contribution >= 4 is 17.5 Å². The third kappa shape index (κ3) is 3.16. The smallest absolute Gasteiger partial charge is 0.224 e. The van der Waals surface area contributed by atoms with Gasteiger partial charge in [0.25, 0.3) is 0 Å². The molecule has 1 aliphatic rings. The molecule has 1 rings (SSSR count). The van der Waals surface area contributed by atoms with Crippen molar-refractivity contribution in [3.63, 3.8) is 0 Å². The van der Waals surface area contributed by atoms with E-state index in [0.29, 0.717) is 17.8 Å². The van der Waals surface area contributed by atoms with Crippen molar-refractivity contribution in [1.82, 2.24) is 5.32 Å². The summed E-state index contributed by atoms with van der Waals surface area (Å²) >= 11 is 5.63. The first-order valence-electron chi connectivity index (χ1n) is 5.51. The van der Waals surface area contributed by atoms with Crippen LogP contribution < -0.4 is 5.32 Å². The molecule has 0 aromatic rings. The molecule has 0 heterocycles. The lowest BCUT2D eigenvalue weighted by Gasteiger charge is -2.21. The van der Waals surface area contributed by atoms with E-state index in [2.05, 4.69) is 12.2 Å². The molecule has 2 atom stereocenters. The van der Waals surface area contributed by atoms with Crippen LogP contribution in [0.3, 0.4) is 0 Å². The third-order valence-corrected chi connectivity index (χ3v) is 3.62. The zero-order valence-corrected chi connectivity index (χ0v) is 9.81. The molecule has 0 aromatic carbocycles. The van der Waals surface area contributed by atoms with Crippen LogP contribution in [0.25, 0.3) is 0 Å². The number of hydrogen-bond acceptors (Lipinski definition) is 1. The molecule has 0 saturated heterocycles. The van der Waals surface area contributed by atoms with Crippen LogP contribution in [0.4, 0.5) is 0 Å². The summed E-state index contributed by atoms with van der Waals surface area (Å²) in [5.74, 6) is 1.12. The highest BCUT2D eigenvalue weighted by Crippen LogP contribution is 2.27. The number of carbonyl (C=O) groups is 1. The van der Waals surface area contributed by atoms with Crippen LogP contribution >= 0.6 is 11.6 Å². The molecule has 1 saturated carbocycles. The van der Waals surface area contributed by atoms with Crippen LogP contribution in [0.15, 0.2) is 0 Å². The van der Waals surface area contributed by atoms with Gasteiger partial charge in [-0.25, -0.2) is 0 Å². The van der Waals surface area contributed by atoms with Crippen molar-refractivity contribution in [3.05, 3.63) is 0 Å². The second-order valence-electron chi connectivity index (χ2n) is 4.40. The van der Waals surface area contributed by atoms with Crippen molar-refractivity contribution < 1.29 is 4.79 Å². The van der Waals surface area contributed by atoms with Crippen LogP contribution in [-0.4, -0.2) is 17.8 Å². The van der Waals surface area contributed by atoms with E-state index in [1.807, 2.05) is 6.92 Å². The summed E-state index contributed by atoms with van der Waals surface area (Å²) in [6.07, 6.45) is 5.15. The molecule has 1 unspecified atom stereocenters. The summed E-state index contributed by atoms with van der Waals surface area (Å²) in [5, 5.41) is 3.05. The molecule has 2 nitrogen and oxygen atoms in total. The lowest BCUT2D eigenvalue weighted by Crippen LogP contribution is -2.40. The third-order valence-electron chi connectivity index (χ3n) is 3.16. The maximum Gasteiger partial charge on any atom is 0.224 e. The lowest BCUT2D eigenvalue weighted by atomic mass is 9.99. The van der Waals surface area contributed by atoms with Crippen molar-refractivity contribution in [2.45, 2.75) is 45.6 Å². The molecule has 0 bridgehead atoms. The molecule has 14 heavy (non-hydrogen) atoms. The Morgan fingerprint density at radius 1 is 1.43 bits per heavy atom. The van der Waals surface area contributed by atoms with Crippen LogP contribution in [0.1, 0.15) is 39.5 Å². The molecule has 0 aliphatic heterocycles. The number of rotatable bonds is 4. The van der Waals surface area contributed by atoms with Crippen molar-refractivity contribution in [3.8, 4) is 0 Å². The van der Waals surface area contributed by atoms with Gasteiger partial charge >= 0.3 is 0 Å². The van der Waals surface area contributed by atoms with Crippen LogP contribution in [0.2, 0.25) is 0 Å². The Kier molecular flexibility index (Phi) is 4.73. The van der Waals surface area contributed by atoms with Gasteiger partial charge in [0.15, 0.2) is 0 Å². The van der Waals surface area contributed by atoms with Gasteiger partial charge in [-0.1, -0.05) is 19.8 Å². The summed E-state index contributed by atoms with van der Waals surface area (Å²) in [6.45, 7) is 3.97. The SMILES string of the molecule is CC(CCl)C(=O)N[C@@H](C)C1CCCC1. The van der Waals surface area contributed by atoms with E-state index in [1.54, 1.807) is 0 Å². The molecule has 1 aliphatic carbocycles. The second kappa shape index (κ2) is 5.59. The van der Waals surface area contributed by atoms with Crippen LogP contribution in [0.5, 0.6) is 0 Å². The highest BCUT2D eigenvalue weighted by molar-refractivity contribution is 6.19. The molecule has 3 heteroatoms. The minimum atomic E-state index is -0.0690. The van der Waals surface area contributed by atoms with E-state index in [9.17, 15) is 4.79 Å².